The third kappa shape index (κ3) is 3.17. The largest absolute Gasteiger partial charge is 0.418 e. The highest BCUT2D eigenvalue weighted by Crippen LogP contribution is 2.34. The maximum absolute atomic E-state index is 12.9. The first-order valence-corrected chi connectivity index (χ1v) is 6.37. The van der Waals surface area contributed by atoms with Crippen LogP contribution < -0.4 is 16.6 Å². The number of aromatic nitrogens is 2. The molecule has 0 fully saturated rings. The normalized spacial score (nSPS) is 11.3. The van der Waals surface area contributed by atoms with Crippen molar-refractivity contribution in [3.63, 3.8) is 0 Å². The van der Waals surface area contributed by atoms with Crippen LogP contribution in [-0.4, -0.2) is 15.0 Å². The van der Waals surface area contributed by atoms with Crippen molar-refractivity contribution in [2.45, 2.75) is 6.18 Å². The summed E-state index contributed by atoms with van der Waals surface area (Å²) in [7, 11) is 2.49. The number of benzene rings is 1. The average molecular weight is 327 g/mol. The van der Waals surface area contributed by atoms with Crippen LogP contribution in [0.15, 0.2) is 40.1 Å². The summed E-state index contributed by atoms with van der Waals surface area (Å²) < 4.78 is 40.4. The van der Waals surface area contributed by atoms with Gasteiger partial charge in [0.2, 0.25) is 0 Å². The molecule has 0 spiro atoms. The number of alkyl halides is 3. The topological polar surface area (TPSA) is 73.1 Å². The molecule has 9 heteroatoms. The Kier molecular flexibility index (Phi) is 4.13. The molecule has 2 rings (SSSR count). The summed E-state index contributed by atoms with van der Waals surface area (Å²) >= 11 is 0. The lowest BCUT2D eigenvalue weighted by molar-refractivity contribution is -0.136. The van der Waals surface area contributed by atoms with E-state index in [1.165, 1.54) is 26.2 Å². The number of nitrogens with zero attached hydrogens (tertiary/aromatic N) is 2. The summed E-state index contributed by atoms with van der Waals surface area (Å²) in [6.45, 7) is 0. The molecule has 0 aliphatic carbocycles. The van der Waals surface area contributed by atoms with E-state index in [2.05, 4.69) is 5.32 Å². The Hall–Kier alpha value is -2.84. The van der Waals surface area contributed by atoms with Crippen LogP contribution in [0.2, 0.25) is 0 Å². The highest BCUT2D eigenvalue weighted by atomic mass is 19.4. The first kappa shape index (κ1) is 16.5. The Balaban J connectivity index is 2.46. The van der Waals surface area contributed by atoms with Crippen molar-refractivity contribution in [2.24, 2.45) is 14.1 Å². The predicted octanol–water partition coefficient (Wildman–Crippen LogP) is 1.36. The van der Waals surface area contributed by atoms with Crippen molar-refractivity contribution in [1.82, 2.24) is 9.13 Å². The fraction of sp³-hybridized carbons (Fsp3) is 0.214. The zero-order chi connectivity index (χ0) is 17.4. The average Bonchev–Trinajstić information content (AvgIpc) is 2.48. The maximum atomic E-state index is 12.9. The molecule has 0 atom stereocenters. The van der Waals surface area contributed by atoms with E-state index in [0.717, 1.165) is 22.9 Å². The second-order valence-electron chi connectivity index (χ2n) is 4.80. The van der Waals surface area contributed by atoms with Gasteiger partial charge in [-0.25, -0.2) is 4.79 Å². The molecule has 1 N–H and O–H groups in total. The molecule has 6 nitrogen and oxygen atoms in total. The van der Waals surface area contributed by atoms with Crippen LogP contribution in [0.4, 0.5) is 18.9 Å². The van der Waals surface area contributed by atoms with Crippen LogP contribution >= 0.6 is 0 Å². The molecule has 0 saturated heterocycles. The summed E-state index contributed by atoms with van der Waals surface area (Å²) in [5, 5.41) is 2.06. The van der Waals surface area contributed by atoms with Gasteiger partial charge in [-0.05, 0) is 12.1 Å². The van der Waals surface area contributed by atoms with E-state index in [9.17, 15) is 27.6 Å². The number of rotatable bonds is 2. The van der Waals surface area contributed by atoms with Gasteiger partial charge < -0.3 is 9.88 Å². The number of anilines is 1. The quantitative estimate of drug-likeness (QED) is 0.905. The Morgan fingerprint density at radius 3 is 2.35 bits per heavy atom. The van der Waals surface area contributed by atoms with Gasteiger partial charge in [0.15, 0.2) is 0 Å². The lowest BCUT2D eigenvalue weighted by atomic mass is 10.1. The molecule has 0 saturated carbocycles. The van der Waals surface area contributed by atoms with Gasteiger partial charge in [0, 0.05) is 20.3 Å². The molecule has 23 heavy (non-hydrogen) atoms. The lowest BCUT2D eigenvalue weighted by Gasteiger charge is -2.13. The zero-order valence-corrected chi connectivity index (χ0v) is 12.1. The third-order valence-corrected chi connectivity index (χ3v) is 3.17. The minimum absolute atomic E-state index is 0.438. The number of nitrogens with one attached hydrogen (secondary N) is 1. The summed E-state index contributed by atoms with van der Waals surface area (Å²) in [5.74, 6) is -1.03. The van der Waals surface area contributed by atoms with Gasteiger partial charge in [0.25, 0.3) is 11.5 Å². The number of carbonyl (C=O) groups excluding carboxylic acids is 1. The molecule has 0 radical (unpaired) electrons. The fourth-order valence-electron chi connectivity index (χ4n) is 1.99. The molecular weight excluding hydrogens is 315 g/mol. The Morgan fingerprint density at radius 1 is 1.13 bits per heavy atom. The SMILES string of the molecule is Cn1cc(C(=O)Nc2ccccc2C(F)(F)F)c(=O)n(C)c1=O. The van der Waals surface area contributed by atoms with Crippen LogP contribution in [0.25, 0.3) is 0 Å². The van der Waals surface area contributed by atoms with Gasteiger partial charge in [-0.2, -0.15) is 13.2 Å². The zero-order valence-electron chi connectivity index (χ0n) is 12.1. The molecule has 2 aromatic rings. The maximum Gasteiger partial charge on any atom is 0.418 e. The van der Waals surface area contributed by atoms with Crippen LogP contribution in [0.1, 0.15) is 15.9 Å². The number of hydrogen-bond donors (Lipinski definition) is 1. The Labute approximate surface area is 127 Å². The number of amides is 1. The van der Waals surface area contributed by atoms with Gasteiger partial charge in [-0.3, -0.25) is 14.2 Å². The fourth-order valence-corrected chi connectivity index (χ4v) is 1.99. The number of halogens is 3. The summed E-state index contributed by atoms with van der Waals surface area (Å²) in [6.07, 6.45) is -3.67. The van der Waals surface area contributed by atoms with Crippen LogP contribution in [0.5, 0.6) is 0 Å². The highest BCUT2D eigenvalue weighted by molar-refractivity contribution is 6.04. The first-order chi connectivity index (χ1) is 10.6. The summed E-state index contributed by atoms with van der Waals surface area (Å²) in [6, 6.07) is 4.40. The van der Waals surface area contributed by atoms with Gasteiger partial charge in [0.05, 0.1) is 11.3 Å². The predicted molar refractivity (Wildman–Crippen MR) is 76.3 cm³/mol. The van der Waals surface area contributed by atoms with Crippen molar-refractivity contribution in [2.75, 3.05) is 5.32 Å². The summed E-state index contributed by atoms with van der Waals surface area (Å²) in [5.41, 5.74) is -3.49. The van der Waals surface area contributed by atoms with E-state index in [-0.39, 0.29) is 0 Å². The number of para-hydroxylation sites is 1. The van der Waals surface area contributed by atoms with Crippen molar-refractivity contribution in [1.29, 1.82) is 0 Å². The molecule has 1 amide bonds. The molecule has 0 bridgehead atoms. The molecule has 0 aliphatic rings. The number of aryl methyl sites for hydroxylation is 1. The van der Waals surface area contributed by atoms with Gasteiger partial charge in [0.1, 0.15) is 5.56 Å². The van der Waals surface area contributed by atoms with Crippen molar-refractivity contribution >= 4 is 11.6 Å². The summed E-state index contributed by atoms with van der Waals surface area (Å²) in [4.78, 5) is 35.6. The number of carbonyl (C=O) groups is 1. The molecule has 122 valence electrons. The van der Waals surface area contributed by atoms with Crippen molar-refractivity contribution in [3.05, 3.63) is 62.4 Å². The second-order valence-corrected chi connectivity index (χ2v) is 4.80. The van der Waals surface area contributed by atoms with E-state index >= 15 is 0 Å². The van der Waals surface area contributed by atoms with Crippen LogP contribution in [0, 0.1) is 0 Å². The van der Waals surface area contributed by atoms with Gasteiger partial charge in [-0.1, -0.05) is 12.1 Å². The second kappa shape index (κ2) is 5.75. The molecule has 0 unspecified atom stereocenters. The van der Waals surface area contributed by atoms with Crippen molar-refractivity contribution in [3.8, 4) is 0 Å². The van der Waals surface area contributed by atoms with Gasteiger partial charge >= 0.3 is 11.9 Å². The van der Waals surface area contributed by atoms with E-state index < -0.39 is 40.1 Å². The van der Waals surface area contributed by atoms with E-state index in [1.54, 1.807) is 0 Å². The molecular formula is C14H12F3N3O3. The minimum atomic E-state index is -4.65. The van der Waals surface area contributed by atoms with Crippen LogP contribution in [0.3, 0.4) is 0 Å². The van der Waals surface area contributed by atoms with Crippen LogP contribution in [-0.2, 0) is 20.3 Å². The monoisotopic (exact) mass is 327 g/mol. The minimum Gasteiger partial charge on any atom is -0.321 e. The standard InChI is InChI=1S/C14H12F3N3O3/c1-19-7-8(12(22)20(2)13(19)23)11(21)18-10-6-4-3-5-9(10)14(15,16)17/h3-7H,1-2H3,(H,18,21). The van der Waals surface area contributed by atoms with Crippen molar-refractivity contribution < 1.29 is 18.0 Å². The van der Waals surface area contributed by atoms with E-state index in [0.29, 0.717) is 4.57 Å². The van der Waals surface area contributed by atoms with E-state index in [1.807, 2.05) is 0 Å². The Morgan fingerprint density at radius 2 is 1.74 bits per heavy atom. The molecule has 1 aromatic heterocycles. The van der Waals surface area contributed by atoms with E-state index in [4.69, 9.17) is 0 Å². The smallest absolute Gasteiger partial charge is 0.321 e. The van der Waals surface area contributed by atoms with Gasteiger partial charge in [-0.15, -0.1) is 0 Å². The molecule has 1 aromatic carbocycles. The lowest BCUT2D eigenvalue weighted by Crippen LogP contribution is -2.40. The number of hydrogen-bond acceptors (Lipinski definition) is 3. The molecule has 1 heterocycles. The first-order valence-electron chi connectivity index (χ1n) is 6.37. The third-order valence-electron chi connectivity index (χ3n) is 3.17. The molecule has 0 aliphatic heterocycles. The highest BCUT2D eigenvalue weighted by Gasteiger charge is 2.33. The Bertz CT molecular complexity index is 881.